The van der Waals surface area contributed by atoms with Crippen LogP contribution < -0.4 is 0 Å². The fraction of sp³-hybridized carbons (Fsp3) is 0.625. The van der Waals surface area contributed by atoms with Gasteiger partial charge in [-0.3, -0.25) is 4.90 Å². The van der Waals surface area contributed by atoms with Crippen molar-refractivity contribution in [3.8, 4) is 0 Å². The molecule has 0 spiro atoms. The summed E-state index contributed by atoms with van der Waals surface area (Å²) in [7, 11) is 0. The highest BCUT2D eigenvalue weighted by atomic mass is 16.5. The van der Waals surface area contributed by atoms with E-state index in [4.69, 9.17) is 9.47 Å². The molecule has 0 aromatic heterocycles. The molecule has 20 heavy (non-hydrogen) atoms. The maximum absolute atomic E-state index is 10.1. The third kappa shape index (κ3) is 3.79. The number of likely N-dealkylation sites (tertiary alicyclic amines) is 1. The minimum absolute atomic E-state index is 0.381. The van der Waals surface area contributed by atoms with Crippen molar-refractivity contribution in [1.82, 2.24) is 4.90 Å². The molecule has 2 bridgehead atoms. The van der Waals surface area contributed by atoms with E-state index in [1.165, 1.54) is 12.8 Å². The van der Waals surface area contributed by atoms with Crippen molar-refractivity contribution in [2.45, 2.75) is 37.8 Å². The van der Waals surface area contributed by atoms with Crippen molar-refractivity contribution < 1.29 is 14.6 Å². The molecule has 4 heteroatoms. The number of morpholine rings is 1. The minimum atomic E-state index is -0.420. The molecular formula is C16H23NO3. The van der Waals surface area contributed by atoms with Crippen molar-refractivity contribution in [2.24, 2.45) is 0 Å². The van der Waals surface area contributed by atoms with Gasteiger partial charge in [0.15, 0.2) is 0 Å². The van der Waals surface area contributed by atoms with Gasteiger partial charge in [-0.2, -0.15) is 0 Å². The van der Waals surface area contributed by atoms with E-state index in [0.717, 1.165) is 18.7 Å². The molecule has 1 aromatic rings. The van der Waals surface area contributed by atoms with E-state index >= 15 is 0 Å². The number of ether oxygens (including phenoxy) is 2. The molecule has 1 aromatic carbocycles. The Bertz CT molecular complexity index is 399. The highest BCUT2D eigenvalue weighted by molar-refractivity contribution is 5.13. The highest BCUT2D eigenvalue weighted by Crippen LogP contribution is 2.26. The smallest absolute Gasteiger partial charge is 0.0900 e. The monoisotopic (exact) mass is 277 g/mol. The van der Waals surface area contributed by atoms with Gasteiger partial charge in [0.1, 0.15) is 0 Å². The molecule has 0 amide bonds. The van der Waals surface area contributed by atoms with E-state index in [2.05, 4.69) is 4.90 Å². The van der Waals surface area contributed by atoms with Gasteiger partial charge < -0.3 is 14.6 Å². The Balaban J connectivity index is 1.36. The molecular weight excluding hydrogens is 254 g/mol. The summed E-state index contributed by atoms with van der Waals surface area (Å²) < 4.78 is 11.4. The summed E-state index contributed by atoms with van der Waals surface area (Å²) in [5.74, 6) is 0. The summed E-state index contributed by atoms with van der Waals surface area (Å²) in [6.45, 7) is 3.54. The Morgan fingerprint density at radius 2 is 1.90 bits per heavy atom. The number of aliphatic hydroxyl groups is 1. The lowest BCUT2D eigenvalue weighted by molar-refractivity contribution is -0.0595. The molecule has 4 nitrogen and oxygen atoms in total. The van der Waals surface area contributed by atoms with Crippen molar-refractivity contribution >= 4 is 0 Å². The third-order valence-corrected chi connectivity index (χ3v) is 4.01. The van der Waals surface area contributed by atoms with E-state index in [1.807, 2.05) is 30.3 Å². The summed E-state index contributed by atoms with van der Waals surface area (Å²) >= 11 is 0. The van der Waals surface area contributed by atoms with E-state index < -0.39 is 6.10 Å². The zero-order valence-corrected chi connectivity index (χ0v) is 11.8. The lowest BCUT2D eigenvalue weighted by Gasteiger charge is -2.33. The minimum Gasteiger partial charge on any atom is -0.389 e. The van der Waals surface area contributed by atoms with E-state index in [1.54, 1.807) is 0 Å². The van der Waals surface area contributed by atoms with Crippen LogP contribution in [0.3, 0.4) is 0 Å². The first kappa shape index (κ1) is 14.0. The molecule has 2 aliphatic rings. The molecule has 2 aliphatic heterocycles. The molecule has 0 aliphatic carbocycles. The van der Waals surface area contributed by atoms with Crippen molar-refractivity contribution in [3.63, 3.8) is 0 Å². The topological polar surface area (TPSA) is 41.9 Å². The van der Waals surface area contributed by atoms with E-state index in [-0.39, 0.29) is 0 Å². The Hall–Kier alpha value is -0.940. The first-order chi connectivity index (χ1) is 9.79. The maximum Gasteiger partial charge on any atom is 0.0900 e. The number of hydrogen-bond donors (Lipinski definition) is 1. The van der Waals surface area contributed by atoms with Crippen LogP contribution >= 0.6 is 0 Å². The van der Waals surface area contributed by atoms with Crippen LogP contribution in [0.15, 0.2) is 30.3 Å². The number of rotatable bonds is 6. The molecule has 0 saturated carbocycles. The predicted molar refractivity (Wildman–Crippen MR) is 76.4 cm³/mol. The zero-order chi connectivity index (χ0) is 13.8. The highest BCUT2D eigenvalue weighted by Gasteiger charge is 2.34. The Morgan fingerprint density at radius 1 is 1.20 bits per heavy atom. The second kappa shape index (κ2) is 6.68. The van der Waals surface area contributed by atoms with Gasteiger partial charge >= 0.3 is 0 Å². The van der Waals surface area contributed by atoms with Gasteiger partial charge in [-0.15, -0.1) is 0 Å². The van der Waals surface area contributed by atoms with Crippen molar-refractivity contribution in [1.29, 1.82) is 0 Å². The normalized spacial score (nSPS) is 27.6. The molecule has 2 heterocycles. The van der Waals surface area contributed by atoms with Crippen LogP contribution in [0.4, 0.5) is 0 Å². The fourth-order valence-corrected chi connectivity index (χ4v) is 3.09. The number of fused-ring (bicyclic) bond motifs is 2. The van der Waals surface area contributed by atoms with Crippen LogP contribution in [0.5, 0.6) is 0 Å². The van der Waals surface area contributed by atoms with E-state index in [0.29, 0.717) is 32.0 Å². The average molecular weight is 277 g/mol. The van der Waals surface area contributed by atoms with Crippen LogP contribution in [-0.4, -0.2) is 54.6 Å². The lowest BCUT2D eigenvalue weighted by Crippen LogP contribution is -2.46. The SMILES string of the molecule is OC(COCc1ccccc1)CN1CC2CCC(C1)O2. The summed E-state index contributed by atoms with van der Waals surface area (Å²) in [4.78, 5) is 2.31. The molecule has 3 unspecified atom stereocenters. The first-order valence-corrected chi connectivity index (χ1v) is 7.47. The third-order valence-electron chi connectivity index (χ3n) is 4.01. The largest absolute Gasteiger partial charge is 0.389 e. The van der Waals surface area contributed by atoms with Gasteiger partial charge in [0.2, 0.25) is 0 Å². The van der Waals surface area contributed by atoms with Crippen LogP contribution in [-0.2, 0) is 16.1 Å². The Kier molecular flexibility index (Phi) is 4.68. The molecule has 1 N–H and O–H groups in total. The van der Waals surface area contributed by atoms with Crippen molar-refractivity contribution in [2.75, 3.05) is 26.2 Å². The zero-order valence-electron chi connectivity index (χ0n) is 11.8. The van der Waals surface area contributed by atoms with Crippen LogP contribution in [0.1, 0.15) is 18.4 Å². The standard InChI is InChI=1S/C16H23NO3/c18-14(12-19-11-13-4-2-1-3-5-13)8-17-9-15-6-7-16(10-17)20-15/h1-5,14-16,18H,6-12H2. The average Bonchev–Trinajstić information content (AvgIpc) is 2.79. The van der Waals surface area contributed by atoms with Crippen molar-refractivity contribution in [3.05, 3.63) is 35.9 Å². The number of β-amino-alcohol motifs (C(OH)–C–C–N with tert-alkyl or cyclic N) is 1. The van der Waals surface area contributed by atoms with Crippen LogP contribution in [0.2, 0.25) is 0 Å². The van der Waals surface area contributed by atoms with Gasteiger partial charge in [0, 0.05) is 19.6 Å². The van der Waals surface area contributed by atoms with Crippen LogP contribution in [0, 0.1) is 0 Å². The molecule has 2 saturated heterocycles. The second-order valence-electron chi connectivity index (χ2n) is 5.83. The molecule has 2 fully saturated rings. The summed E-state index contributed by atoms with van der Waals surface area (Å²) in [5.41, 5.74) is 1.14. The van der Waals surface area contributed by atoms with Gasteiger partial charge in [-0.25, -0.2) is 0 Å². The number of aliphatic hydroxyl groups excluding tert-OH is 1. The Labute approximate surface area is 120 Å². The van der Waals surface area contributed by atoms with Gasteiger partial charge in [-0.1, -0.05) is 30.3 Å². The summed E-state index contributed by atoms with van der Waals surface area (Å²) in [6, 6.07) is 10.1. The summed E-state index contributed by atoms with van der Waals surface area (Å²) in [6.07, 6.45) is 2.68. The fourth-order valence-electron chi connectivity index (χ4n) is 3.09. The maximum atomic E-state index is 10.1. The van der Waals surface area contributed by atoms with Crippen LogP contribution in [0.25, 0.3) is 0 Å². The number of nitrogens with zero attached hydrogens (tertiary/aromatic N) is 1. The van der Waals surface area contributed by atoms with Gasteiger partial charge in [0.25, 0.3) is 0 Å². The Morgan fingerprint density at radius 3 is 2.60 bits per heavy atom. The first-order valence-electron chi connectivity index (χ1n) is 7.47. The lowest BCUT2D eigenvalue weighted by atomic mass is 10.2. The molecule has 110 valence electrons. The number of hydrogen-bond acceptors (Lipinski definition) is 4. The molecule has 0 radical (unpaired) electrons. The van der Waals surface area contributed by atoms with Gasteiger partial charge in [-0.05, 0) is 18.4 Å². The molecule has 3 atom stereocenters. The second-order valence-corrected chi connectivity index (χ2v) is 5.83. The predicted octanol–water partition coefficient (Wildman–Crippen LogP) is 1.43. The number of benzene rings is 1. The molecule has 3 rings (SSSR count). The quantitative estimate of drug-likeness (QED) is 0.854. The van der Waals surface area contributed by atoms with E-state index in [9.17, 15) is 5.11 Å². The summed E-state index contributed by atoms with van der Waals surface area (Å²) in [5, 5.41) is 10.1. The van der Waals surface area contributed by atoms with Gasteiger partial charge in [0.05, 0.1) is 31.5 Å².